The fraction of sp³-hybridized carbons (Fsp3) is 0.500. The Hall–Kier alpha value is -1.34. The lowest BCUT2D eigenvalue weighted by molar-refractivity contribution is 0.151. The van der Waals surface area contributed by atoms with Crippen molar-refractivity contribution in [1.29, 1.82) is 0 Å². The zero-order valence-corrected chi connectivity index (χ0v) is 14.8. The van der Waals surface area contributed by atoms with Crippen LogP contribution in [-0.4, -0.2) is 29.1 Å². The van der Waals surface area contributed by atoms with E-state index < -0.39 is 6.43 Å². The second-order valence-corrected chi connectivity index (χ2v) is 5.96. The van der Waals surface area contributed by atoms with Gasteiger partial charge < -0.3 is 10.6 Å². The average Bonchev–Trinajstić information content (AvgIpc) is 2.58. The minimum Gasteiger partial charge on any atom is -0.351 e. The molecule has 2 heterocycles. The van der Waals surface area contributed by atoms with Crippen molar-refractivity contribution in [2.45, 2.75) is 39.2 Å². The summed E-state index contributed by atoms with van der Waals surface area (Å²) in [5.41, 5.74) is 0.614. The summed E-state index contributed by atoms with van der Waals surface area (Å²) >= 11 is 3.31. The molecule has 0 saturated carbocycles. The van der Waals surface area contributed by atoms with Crippen molar-refractivity contribution in [3.05, 3.63) is 28.4 Å². The standard InChI is InChI=1S/C14H15BrF2N4.C2H6/c15-11-6-8(13(16)17)5-9-7-19-14(21-12(9)11)20-10-1-3-18-4-2-10;1-2/h5-7,10,13,18H,1-4H2,(H,19,20,21);1-2H3. The van der Waals surface area contributed by atoms with E-state index in [4.69, 9.17) is 0 Å². The molecule has 0 atom stereocenters. The molecule has 1 saturated heterocycles. The first-order valence-electron chi connectivity index (χ1n) is 7.85. The van der Waals surface area contributed by atoms with Gasteiger partial charge in [-0.3, -0.25) is 0 Å². The number of alkyl halides is 2. The number of hydrogen-bond acceptors (Lipinski definition) is 4. The smallest absolute Gasteiger partial charge is 0.263 e. The SMILES string of the molecule is CC.FC(F)c1cc(Br)c2nc(NC3CCNCC3)ncc2c1. The molecule has 1 aromatic heterocycles. The van der Waals surface area contributed by atoms with Crippen LogP contribution in [0.1, 0.15) is 38.7 Å². The van der Waals surface area contributed by atoms with Gasteiger partial charge in [0.15, 0.2) is 0 Å². The molecule has 0 radical (unpaired) electrons. The van der Waals surface area contributed by atoms with Crippen molar-refractivity contribution in [3.63, 3.8) is 0 Å². The predicted octanol–water partition coefficient (Wildman–Crippen LogP) is 4.52. The Morgan fingerprint density at radius 1 is 1.26 bits per heavy atom. The highest BCUT2D eigenvalue weighted by Gasteiger charge is 2.15. The first-order valence-corrected chi connectivity index (χ1v) is 8.64. The monoisotopic (exact) mass is 386 g/mol. The first-order chi connectivity index (χ1) is 11.1. The van der Waals surface area contributed by atoms with E-state index in [1.165, 1.54) is 12.1 Å². The molecule has 1 aromatic carbocycles. The zero-order valence-electron chi connectivity index (χ0n) is 13.2. The van der Waals surface area contributed by atoms with Gasteiger partial charge in [-0.05, 0) is 54.0 Å². The molecule has 7 heteroatoms. The van der Waals surface area contributed by atoms with Crippen LogP contribution in [0, 0.1) is 0 Å². The van der Waals surface area contributed by atoms with E-state index in [0.717, 1.165) is 25.9 Å². The normalized spacial score (nSPS) is 15.4. The summed E-state index contributed by atoms with van der Waals surface area (Å²) in [6, 6.07) is 3.19. The van der Waals surface area contributed by atoms with Gasteiger partial charge in [-0.1, -0.05) is 13.8 Å². The summed E-state index contributed by atoms with van der Waals surface area (Å²) in [6.07, 6.45) is 1.13. The predicted molar refractivity (Wildman–Crippen MR) is 93.1 cm³/mol. The Morgan fingerprint density at radius 2 is 1.96 bits per heavy atom. The molecule has 4 nitrogen and oxygen atoms in total. The van der Waals surface area contributed by atoms with E-state index in [-0.39, 0.29) is 5.56 Å². The van der Waals surface area contributed by atoms with Gasteiger partial charge in [0.25, 0.3) is 6.43 Å². The van der Waals surface area contributed by atoms with Gasteiger partial charge in [-0.25, -0.2) is 18.7 Å². The third-order valence-corrected chi connectivity index (χ3v) is 4.19. The Kier molecular flexibility index (Phi) is 6.65. The number of benzene rings is 1. The highest BCUT2D eigenvalue weighted by atomic mass is 79.9. The topological polar surface area (TPSA) is 49.8 Å². The number of aromatic nitrogens is 2. The van der Waals surface area contributed by atoms with Crippen LogP contribution in [0.15, 0.2) is 22.8 Å². The Balaban J connectivity index is 0.000000924. The molecule has 0 unspecified atom stereocenters. The molecule has 1 fully saturated rings. The maximum atomic E-state index is 12.8. The van der Waals surface area contributed by atoms with Gasteiger partial charge in [-0.2, -0.15) is 0 Å². The van der Waals surface area contributed by atoms with Gasteiger partial charge in [0.05, 0.1) is 5.52 Å². The minimum absolute atomic E-state index is 0.0305. The minimum atomic E-state index is -2.50. The fourth-order valence-corrected chi connectivity index (χ4v) is 3.05. The number of nitrogens with one attached hydrogen (secondary N) is 2. The molecular formula is C16H21BrF2N4. The molecule has 2 N–H and O–H groups in total. The number of nitrogens with zero attached hydrogens (tertiary/aromatic N) is 2. The molecule has 126 valence electrons. The van der Waals surface area contributed by atoms with E-state index in [1.54, 1.807) is 6.20 Å². The highest BCUT2D eigenvalue weighted by molar-refractivity contribution is 9.10. The van der Waals surface area contributed by atoms with Crippen LogP contribution in [0.5, 0.6) is 0 Å². The van der Waals surface area contributed by atoms with Gasteiger partial charge in [-0.15, -0.1) is 0 Å². The molecule has 0 aliphatic carbocycles. The number of halogens is 3. The van der Waals surface area contributed by atoms with Crippen LogP contribution in [0.3, 0.4) is 0 Å². The van der Waals surface area contributed by atoms with E-state index in [1.807, 2.05) is 13.8 Å². The molecule has 0 spiro atoms. The van der Waals surface area contributed by atoms with Crippen molar-refractivity contribution in [2.75, 3.05) is 18.4 Å². The van der Waals surface area contributed by atoms with Crippen LogP contribution in [0.2, 0.25) is 0 Å². The molecule has 23 heavy (non-hydrogen) atoms. The van der Waals surface area contributed by atoms with E-state index in [2.05, 4.69) is 36.5 Å². The molecular weight excluding hydrogens is 366 g/mol. The lowest BCUT2D eigenvalue weighted by atomic mass is 10.1. The summed E-state index contributed by atoms with van der Waals surface area (Å²) < 4.78 is 26.1. The Morgan fingerprint density at radius 3 is 2.61 bits per heavy atom. The summed E-state index contributed by atoms with van der Waals surface area (Å²) in [6.45, 7) is 5.96. The van der Waals surface area contributed by atoms with E-state index in [0.29, 0.717) is 27.4 Å². The summed E-state index contributed by atoms with van der Waals surface area (Å²) in [7, 11) is 0. The third-order valence-electron chi connectivity index (χ3n) is 3.58. The molecule has 1 aliphatic heterocycles. The maximum Gasteiger partial charge on any atom is 0.263 e. The lowest BCUT2D eigenvalue weighted by Gasteiger charge is -2.23. The largest absolute Gasteiger partial charge is 0.351 e. The van der Waals surface area contributed by atoms with Crippen molar-refractivity contribution < 1.29 is 8.78 Å². The summed E-state index contributed by atoms with van der Waals surface area (Å²) in [5.74, 6) is 0.542. The second kappa shape index (κ2) is 8.49. The number of hydrogen-bond donors (Lipinski definition) is 2. The van der Waals surface area contributed by atoms with Gasteiger partial charge in [0.2, 0.25) is 5.95 Å². The maximum absolute atomic E-state index is 12.8. The van der Waals surface area contributed by atoms with E-state index in [9.17, 15) is 8.78 Å². The Bertz CT molecular complexity index is 645. The van der Waals surface area contributed by atoms with Crippen LogP contribution in [0.25, 0.3) is 10.9 Å². The number of rotatable bonds is 3. The highest BCUT2D eigenvalue weighted by Crippen LogP contribution is 2.29. The summed E-state index contributed by atoms with van der Waals surface area (Å²) in [5, 5.41) is 7.21. The van der Waals surface area contributed by atoms with Crippen molar-refractivity contribution >= 4 is 32.8 Å². The average molecular weight is 387 g/mol. The quantitative estimate of drug-likeness (QED) is 0.813. The lowest BCUT2D eigenvalue weighted by Crippen LogP contribution is -2.35. The molecule has 1 aliphatic rings. The van der Waals surface area contributed by atoms with E-state index >= 15 is 0 Å². The third kappa shape index (κ3) is 4.57. The van der Waals surface area contributed by atoms with Crippen molar-refractivity contribution in [1.82, 2.24) is 15.3 Å². The fourth-order valence-electron chi connectivity index (χ4n) is 2.47. The van der Waals surface area contributed by atoms with Crippen LogP contribution in [-0.2, 0) is 0 Å². The molecule has 0 amide bonds. The number of anilines is 1. The first kappa shape index (κ1) is 18.0. The zero-order chi connectivity index (χ0) is 16.8. The van der Waals surface area contributed by atoms with Crippen LogP contribution < -0.4 is 10.6 Å². The van der Waals surface area contributed by atoms with Gasteiger partial charge >= 0.3 is 0 Å². The number of piperidine rings is 1. The van der Waals surface area contributed by atoms with Gasteiger partial charge in [0.1, 0.15) is 0 Å². The summed E-state index contributed by atoms with van der Waals surface area (Å²) in [4.78, 5) is 8.67. The van der Waals surface area contributed by atoms with Crippen molar-refractivity contribution in [2.24, 2.45) is 0 Å². The second-order valence-electron chi connectivity index (χ2n) is 5.10. The van der Waals surface area contributed by atoms with Crippen LogP contribution in [0.4, 0.5) is 14.7 Å². The molecule has 3 rings (SSSR count). The molecule has 2 aromatic rings. The van der Waals surface area contributed by atoms with Crippen LogP contribution >= 0.6 is 15.9 Å². The van der Waals surface area contributed by atoms with Gasteiger partial charge in [0, 0.05) is 27.7 Å². The molecule has 0 bridgehead atoms. The Labute approximate surface area is 143 Å². The van der Waals surface area contributed by atoms with Crippen molar-refractivity contribution in [3.8, 4) is 0 Å². The number of fused-ring (bicyclic) bond motifs is 1.